The van der Waals surface area contributed by atoms with Gasteiger partial charge < -0.3 is 5.73 Å². The molecule has 2 heteroatoms. The normalized spacial score (nSPS) is 17.2. The van der Waals surface area contributed by atoms with Gasteiger partial charge in [-0.25, -0.2) is 0 Å². The Hall–Kier alpha value is -1.80. The Balaban J connectivity index is 1.51. The Bertz CT molecular complexity index is 660. The summed E-state index contributed by atoms with van der Waals surface area (Å²) in [5, 5.41) is 0. The van der Waals surface area contributed by atoms with Crippen LogP contribution >= 0.6 is 0 Å². The number of nitrogen functional groups attached to an aromatic ring is 1. The van der Waals surface area contributed by atoms with Crippen molar-refractivity contribution < 1.29 is 0 Å². The zero-order valence-corrected chi connectivity index (χ0v) is 11.7. The van der Waals surface area contributed by atoms with Crippen molar-refractivity contribution in [3.8, 4) is 0 Å². The van der Waals surface area contributed by atoms with Gasteiger partial charge in [0, 0.05) is 25.3 Å². The molecular weight excluding hydrogens is 244 g/mol. The molecule has 2 nitrogen and oxygen atoms in total. The van der Waals surface area contributed by atoms with E-state index >= 15 is 0 Å². The molecule has 102 valence electrons. The van der Waals surface area contributed by atoms with Gasteiger partial charge in [0.05, 0.1) is 0 Å². The van der Waals surface area contributed by atoms with Gasteiger partial charge in [-0.2, -0.15) is 0 Å². The second-order valence-corrected chi connectivity index (χ2v) is 6.13. The molecule has 1 aliphatic heterocycles. The Kier molecular flexibility index (Phi) is 2.78. The molecular formula is C18H20N2. The summed E-state index contributed by atoms with van der Waals surface area (Å²) in [7, 11) is 0. The third-order valence-electron chi connectivity index (χ3n) is 4.59. The highest BCUT2D eigenvalue weighted by Crippen LogP contribution is 2.28. The summed E-state index contributed by atoms with van der Waals surface area (Å²) in [5.41, 5.74) is 14.2. The van der Waals surface area contributed by atoms with Gasteiger partial charge >= 0.3 is 0 Å². The van der Waals surface area contributed by atoms with Gasteiger partial charge in [-0.3, -0.25) is 4.90 Å². The van der Waals surface area contributed by atoms with Gasteiger partial charge in [0.2, 0.25) is 0 Å². The van der Waals surface area contributed by atoms with Crippen molar-refractivity contribution in [1.82, 2.24) is 4.90 Å². The lowest BCUT2D eigenvalue weighted by atomic mass is 10.1. The summed E-state index contributed by atoms with van der Waals surface area (Å²) >= 11 is 0. The number of rotatable bonds is 2. The first-order valence-corrected chi connectivity index (χ1v) is 7.48. The molecule has 4 rings (SSSR count). The van der Waals surface area contributed by atoms with E-state index in [1.807, 2.05) is 6.07 Å². The van der Waals surface area contributed by atoms with E-state index < -0.39 is 0 Å². The predicted octanol–water partition coefficient (Wildman–Crippen LogP) is 3.27. The standard InChI is InChI=1S/C18H20N2/c19-18-7-6-16-11-20(12-17(16)9-18)10-13-4-5-14-2-1-3-15(14)8-13/h4-9H,1-3,10-12,19H2. The van der Waals surface area contributed by atoms with Crippen LogP contribution in [0.1, 0.15) is 34.2 Å². The fourth-order valence-electron chi connectivity index (χ4n) is 3.58. The van der Waals surface area contributed by atoms with Gasteiger partial charge in [-0.05, 0) is 59.2 Å². The number of aryl methyl sites for hydroxylation is 2. The largest absolute Gasteiger partial charge is 0.399 e. The summed E-state index contributed by atoms with van der Waals surface area (Å²) in [5.74, 6) is 0. The van der Waals surface area contributed by atoms with Crippen molar-refractivity contribution >= 4 is 5.69 Å². The number of nitrogens with zero attached hydrogens (tertiary/aromatic N) is 1. The SMILES string of the molecule is Nc1ccc2c(c1)CN(Cc1ccc3c(c1)CCC3)C2. The summed E-state index contributed by atoms with van der Waals surface area (Å²) < 4.78 is 0. The van der Waals surface area contributed by atoms with Crippen molar-refractivity contribution in [1.29, 1.82) is 0 Å². The maximum Gasteiger partial charge on any atom is 0.0317 e. The summed E-state index contributed by atoms with van der Waals surface area (Å²) in [4.78, 5) is 2.50. The summed E-state index contributed by atoms with van der Waals surface area (Å²) in [6.45, 7) is 3.12. The van der Waals surface area contributed by atoms with Crippen LogP contribution in [0.15, 0.2) is 36.4 Å². The van der Waals surface area contributed by atoms with Gasteiger partial charge in [-0.1, -0.05) is 24.3 Å². The molecule has 0 unspecified atom stereocenters. The molecule has 0 fully saturated rings. The molecule has 20 heavy (non-hydrogen) atoms. The molecule has 0 saturated heterocycles. The molecule has 0 spiro atoms. The van der Waals surface area contributed by atoms with Crippen LogP contribution in [0.4, 0.5) is 5.69 Å². The third kappa shape index (κ3) is 2.10. The van der Waals surface area contributed by atoms with E-state index in [9.17, 15) is 0 Å². The third-order valence-corrected chi connectivity index (χ3v) is 4.59. The first-order valence-electron chi connectivity index (χ1n) is 7.48. The zero-order chi connectivity index (χ0) is 13.5. The molecule has 0 aromatic heterocycles. The van der Waals surface area contributed by atoms with Crippen LogP contribution in [0.2, 0.25) is 0 Å². The average Bonchev–Trinajstić information content (AvgIpc) is 3.03. The Morgan fingerprint density at radius 2 is 1.65 bits per heavy atom. The fourth-order valence-corrected chi connectivity index (χ4v) is 3.58. The van der Waals surface area contributed by atoms with Crippen molar-refractivity contribution in [2.75, 3.05) is 5.73 Å². The minimum Gasteiger partial charge on any atom is -0.399 e. The minimum absolute atomic E-state index is 0.878. The van der Waals surface area contributed by atoms with Crippen LogP contribution in [-0.2, 0) is 32.5 Å². The lowest BCUT2D eigenvalue weighted by Crippen LogP contribution is -2.15. The van der Waals surface area contributed by atoms with Crippen LogP contribution < -0.4 is 5.73 Å². The molecule has 2 aliphatic rings. The Morgan fingerprint density at radius 1 is 0.850 bits per heavy atom. The molecule has 0 amide bonds. The number of nitrogens with two attached hydrogens (primary N) is 1. The number of hydrogen-bond acceptors (Lipinski definition) is 2. The van der Waals surface area contributed by atoms with E-state index in [1.54, 1.807) is 11.1 Å². The van der Waals surface area contributed by atoms with Gasteiger partial charge in [-0.15, -0.1) is 0 Å². The van der Waals surface area contributed by atoms with Crippen LogP contribution in [-0.4, -0.2) is 4.90 Å². The Morgan fingerprint density at radius 3 is 2.60 bits per heavy atom. The molecule has 0 radical (unpaired) electrons. The molecule has 1 aliphatic carbocycles. The van der Waals surface area contributed by atoms with Crippen molar-refractivity contribution in [3.05, 3.63) is 64.2 Å². The van der Waals surface area contributed by atoms with Crippen molar-refractivity contribution in [2.45, 2.75) is 38.9 Å². The molecule has 2 aromatic carbocycles. The van der Waals surface area contributed by atoms with Gasteiger partial charge in [0.25, 0.3) is 0 Å². The van der Waals surface area contributed by atoms with Gasteiger partial charge in [0.15, 0.2) is 0 Å². The predicted molar refractivity (Wildman–Crippen MR) is 82.3 cm³/mol. The fraction of sp³-hybridized carbons (Fsp3) is 0.333. The van der Waals surface area contributed by atoms with Crippen molar-refractivity contribution in [2.24, 2.45) is 0 Å². The van der Waals surface area contributed by atoms with E-state index in [-0.39, 0.29) is 0 Å². The van der Waals surface area contributed by atoms with Crippen LogP contribution in [0.25, 0.3) is 0 Å². The van der Waals surface area contributed by atoms with E-state index in [0.717, 1.165) is 25.3 Å². The second kappa shape index (κ2) is 4.64. The number of benzene rings is 2. The van der Waals surface area contributed by atoms with Crippen molar-refractivity contribution in [3.63, 3.8) is 0 Å². The monoisotopic (exact) mass is 264 g/mol. The number of hydrogen-bond donors (Lipinski definition) is 1. The van der Waals surface area contributed by atoms with E-state index in [0.29, 0.717) is 0 Å². The molecule has 2 N–H and O–H groups in total. The molecule has 1 heterocycles. The molecule has 0 bridgehead atoms. The first-order chi connectivity index (χ1) is 9.78. The number of anilines is 1. The van der Waals surface area contributed by atoms with E-state index in [4.69, 9.17) is 5.73 Å². The van der Waals surface area contributed by atoms with Crippen LogP contribution in [0.3, 0.4) is 0 Å². The van der Waals surface area contributed by atoms with Gasteiger partial charge in [0.1, 0.15) is 0 Å². The highest BCUT2D eigenvalue weighted by atomic mass is 15.1. The molecule has 0 atom stereocenters. The topological polar surface area (TPSA) is 29.3 Å². The summed E-state index contributed by atoms with van der Waals surface area (Å²) in [6, 6.07) is 13.4. The Labute approximate surface area is 120 Å². The molecule has 2 aromatic rings. The zero-order valence-electron chi connectivity index (χ0n) is 11.7. The minimum atomic E-state index is 0.878. The quantitative estimate of drug-likeness (QED) is 0.843. The maximum absolute atomic E-state index is 5.87. The second-order valence-electron chi connectivity index (χ2n) is 6.13. The maximum atomic E-state index is 5.87. The lowest BCUT2D eigenvalue weighted by molar-refractivity contribution is 0.275. The lowest BCUT2D eigenvalue weighted by Gasteiger charge is -2.15. The van der Waals surface area contributed by atoms with Crippen LogP contribution in [0.5, 0.6) is 0 Å². The number of fused-ring (bicyclic) bond motifs is 2. The highest BCUT2D eigenvalue weighted by Gasteiger charge is 2.19. The smallest absolute Gasteiger partial charge is 0.0317 e. The average molecular weight is 264 g/mol. The van der Waals surface area contributed by atoms with E-state index in [2.05, 4.69) is 35.2 Å². The summed E-state index contributed by atoms with van der Waals surface area (Å²) in [6.07, 6.45) is 3.86. The first kappa shape index (κ1) is 12.0. The highest BCUT2D eigenvalue weighted by molar-refractivity contribution is 5.46. The molecule has 0 saturated carbocycles. The van der Waals surface area contributed by atoms with Crippen LogP contribution in [0, 0.1) is 0 Å². The van der Waals surface area contributed by atoms with E-state index in [1.165, 1.54) is 36.0 Å².